The number of hydrogen-bond acceptors (Lipinski definition) is 3. The Kier molecular flexibility index (Phi) is 2.92. The Morgan fingerprint density at radius 3 is 2.62 bits per heavy atom. The second kappa shape index (κ2) is 4.22. The number of aliphatic carboxylic acids is 1. The van der Waals surface area contributed by atoms with Crippen LogP contribution in [-0.2, 0) is 4.79 Å². The van der Waals surface area contributed by atoms with Gasteiger partial charge in [-0.3, -0.25) is 4.79 Å². The van der Waals surface area contributed by atoms with Gasteiger partial charge in [0.1, 0.15) is 10.9 Å². The van der Waals surface area contributed by atoms with Crippen molar-refractivity contribution < 1.29 is 9.90 Å². The lowest BCUT2D eigenvalue weighted by atomic mass is 9.97. The number of rotatable bonds is 3. The molecule has 1 aromatic carbocycles. The molecule has 1 aromatic heterocycles. The number of carboxylic acids is 1. The van der Waals surface area contributed by atoms with Gasteiger partial charge in [-0.25, -0.2) is 4.98 Å². The van der Waals surface area contributed by atoms with Gasteiger partial charge >= 0.3 is 5.97 Å². The van der Waals surface area contributed by atoms with Crippen molar-refractivity contribution in [3.05, 3.63) is 29.3 Å². The summed E-state index contributed by atoms with van der Waals surface area (Å²) in [5.74, 6) is -1.25. The number of carbonyl (C=O) groups is 1. The fourth-order valence-corrected chi connectivity index (χ4v) is 2.93. The zero-order valence-corrected chi connectivity index (χ0v) is 9.99. The molecule has 0 aliphatic heterocycles. The molecule has 2 rings (SSSR count). The van der Waals surface area contributed by atoms with Crippen molar-refractivity contribution in [1.82, 2.24) is 4.98 Å². The highest BCUT2D eigenvalue weighted by atomic mass is 32.1. The Hall–Kier alpha value is -1.42. The molecular weight excluding hydrogens is 222 g/mol. The van der Waals surface area contributed by atoms with Crippen LogP contribution in [0.15, 0.2) is 24.3 Å². The molecule has 0 aliphatic carbocycles. The third kappa shape index (κ3) is 1.93. The Labute approximate surface area is 97.8 Å². The first-order valence-corrected chi connectivity index (χ1v) is 5.99. The third-order valence-electron chi connectivity index (χ3n) is 2.51. The Morgan fingerprint density at radius 1 is 1.38 bits per heavy atom. The summed E-state index contributed by atoms with van der Waals surface area (Å²) in [4.78, 5) is 15.6. The minimum Gasteiger partial charge on any atom is -0.481 e. The number of fused-ring (bicyclic) bond motifs is 1. The topological polar surface area (TPSA) is 50.2 Å². The van der Waals surface area contributed by atoms with E-state index in [1.54, 1.807) is 0 Å². The van der Waals surface area contributed by atoms with E-state index >= 15 is 0 Å². The van der Waals surface area contributed by atoms with Gasteiger partial charge < -0.3 is 5.11 Å². The average molecular weight is 235 g/mol. The molecule has 0 saturated carbocycles. The molecule has 84 valence electrons. The van der Waals surface area contributed by atoms with Gasteiger partial charge in [0.05, 0.1) is 10.2 Å². The van der Waals surface area contributed by atoms with E-state index in [1.165, 1.54) is 11.3 Å². The summed E-state index contributed by atoms with van der Waals surface area (Å²) < 4.78 is 1.05. The molecule has 3 nitrogen and oxygen atoms in total. The molecule has 0 saturated heterocycles. The molecule has 0 bridgehead atoms. The summed E-state index contributed by atoms with van der Waals surface area (Å²) in [5.41, 5.74) is 0.884. The van der Waals surface area contributed by atoms with Crippen molar-refractivity contribution in [2.24, 2.45) is 5.92 Å². The molecule has 4 heteroatoms. The molecule has 1 atom stereocenters. The van der Waals surface area contributed by atoms with Gasteiger partial charge in [0.25, 0.3) is 0 Å². The van der Waals surface area contributed by atoms with Crippen LogP contribution in [-0.4, -0.2) is 16.1 Å². The minimum absolute atomic E-state index is 0.0538. The summed E-state index contributed by atoms with van der Waals surface area (Å²) in [6.07, 6.45) is 0. The molecule has 0 spiro atoms. The molecule has 0 amide bonds. The Morgan fingerprint density at radius 2 is 2.06 bits per heavy atom. The largest absolute Gasteiger partial charge is 0.481 e. The molecular formula is C12H13NO2S. The van der Waals surface area contributed by atoms with Gasteiger partial charge in [-0.1, -0.05) is 26.0 Å². The second-order valence-corrected chi connectivity index (χ2v) is 5.14. The molecule has 0 aliphatic rings. The lowest BCUT2D eigenvalue weighted by molar-refractivity contribution is -0.139. The number of aromatic nitrogens is 1. The van der Waals surface area contributed by atoms with E-state index in [0.29, 0.717) is 5.01 Å². The molecule has 1 N–H and O–H groups in total. The molecule has 1 heterocycles. The normalized spacial score (nSPS) is 13.2. The highest BCUT2D eigenvalue weighted by molar-refractivity contribution is 7.18. The van der Waals surface area contributed by atoms with Crippen LogP contribution in [0.25, 0.3) is 10.2 Å². The first kappa shape index (κ1) is 11.1. The smallest absolute Gasteiger partial charge is 0.313 e. The number of hydrogen-bond donors (Lipinski definition) is 1. The summed E-state index contributed by atoms with van der Waals surface area (Å²) in [5, 5.41) is 9.89. The third-order valence-corrected chi connectivity index (χ3v) is 3.63. The quantitative estimate of drug-likeness (QED) is 0.889. The van der Waals surface area contributed by atoms with Gasteiger partial charge in [0.15, 0.2) is 0 Å². The van der Waals surface area contributed by atoms with Crippen molar-refractivity contribution in [1.29, 1.82) is 0 Å². The van der Waals surface area contributed by atoms with E-state index in [-0.39, 0.29) is 5.92 Å². The number of nitrogens with zero attached hydrogens (tertiary/aromatic N) is 1. The first-order chi connectivity index (χ1) is 7.59. The van der Waals surface area contributed by atoms with Crippen LogP contribution in [0, 0.1) is 5.92 Å². The summed E-state index contributed by atoms with van der Waals surface area (Å²) in [6, 6.07) is 7.73. The highest BCUT2D eigenvalue weighted by Crippen LogP contribution is 2.31. The first-order valence-electron chi connectivity index (χ1n) is 5.18. The zero-order chi connectivity index (χ0) is 11.7. The Bertz CT molecular complexity index is 485. The zero-order valence-electron chi connectivity index (χ0n) is 9.18. The van der Waals surface area contributed by atoms with Crippen LogP contribution >= 0.6 is 11.3 Å². The van der Waals surface area contributed by atoms with Crippen molar-refractivity contribution in [2.75, 3.05) is 0 Å². The van der Waals surface area contributed by atoms with Crippen LogP contribution < -0.4 is 0 Å². The van der Waals surface area contributed by atoms with E-state index < -0.39 is 11.9 Å². The van der Waals surface area contributed by atoms with E-state index in [1.807, 2.05) is 38.1 Å². The molecule has 0 radical (unpaired) electrons. The van der Waals surface area contributed by atoms with E-state index in [0.717, 1.165) is 10.2 Å². The van der Waals surface area contributed by atoms with Crippen LogP contribution in [0.4, 0.5) is 0 Å². The van der Waals surface area contributed by atoms with E-state index in [9.17, 15) is 9.90 Å². The molecule has 1 unspecified atom stereocenters. The summed E-state index contributed by atoms with van der Waals surface area (Å²) in [7, 11) is 0. The number of benzene rings is 1. The van der Waals surface area contributed by atoms with E-state index in [4.69, 9.17) is 0 Å². The maximum absolute atomic E-state index is 11.2. The van der Waals surface area contributed by atoms with Gasteiger partial charge in [-0.15, -0.1) is 11.3 Å². The summed E-state index contributed by atoms with van der Waals surface area (Å²) >= 11 is 1.47. The number of thiazole rings is 1. The molecule has 2 aromatic rings. The van der Waals surface area contributed by atoms with Crippen LogP contribution in [0.1, 0.15) is 24.8 Å². The maximum Gasteiger partial charge on any atom is 0.313 e. The van der Waals surface area contributed by atoms with Crippen LogP contribution in [0.5, 0.6) is 0 Å². The predicted octanol–water partition coefficient (Wildman–Crippen LogP) is 3.12. The highest BCUT2D eigenvalue weighted by Gasteiger charge is 2.26. The minimum atomic E-state index is -0.797. The van der Waals surface area contributed by atoms with E-state index in [2.05, 4.69) is 4.98 Å². The lowest BCUT2D eigenvalue weighted by Gasteiger charge is -2.12. The molecule has 0 fully saturated rings. The van der Waals surface area contributed by atoms with Crippen molar-refractivity contribution in [2.45, 2.75) is 19.8 Å². The average Bonchev–Trinajstić information content (AvgIpc) is 2.58. The predicted molar refractivity (Wildman–Crippen MR) is 64.8 cm³/mol. The fraction of sp³-hybridized carbons (Fsp3) is 0.333. The van der Waals surface area contributed by atoms with Crippen LogP contribution in [0.2, 0.25) is 0 Å². The maximum atomic E-state index is 11.2. The van der Waals surface area contributed by atoms with Crippen molar-refractivity contribution in [3.8, 4) is 0 Å². The number of para-hydroxylation sites is 1. The van der Waals surface area contributed by atoms with Crippen molar-refractivity contribution in [3.63, 3.8) is 0 Å². The van der Waals surface area contributed by atoms with Gasteiger partial charge in [-0.05, 0) is 18.1 Å². The van der Waals surface area contributed by atoms with Crippen LogP contribution in [0.3, 0.4) is 0 Å². The van der Waals surface area contributed by atoms with Crippen molar-refractivity contribution >= 4 is 27.5 Å². The standard InChI is InChI=1S/C12H13NO2S/c1-7(2)10(12(14)15)11-13-8-5-3-4-6-9(8)16-11/h3-7,10H,1-2H3,(H,14,15). The van der Waals surface area contributed by atoms with Gasteiger partial charge in [-0.2, -0.15) is 0 Å². The number of carboxylic acid groups (broad SMARTS) is 1. The van der Waals surface area contributed by atoms with Gasteiger partial charge in [0, 0.05) is 0 Å². The lowest BCUT2D eigenvalue weighted by Crippen LogP contribution is -2.17. The summed E-state index contributed by atoms with van der Waals surface area (Å²) in [6.45, 7) is 3.82. The Balaban J connectivity index is 2.49. The monoisotopic (exact) mass is 235 g/mol. The SMILES string of the molecule is CC(C)C(C(=O)O)c1nc2ccccc2s1. The molecule has 16 heavy (non-hydrogen) atoms. The fourth-order valence-electron chi connectivity index (χ4n) is 1.70. The van der Waals surface area contributed by atoms with Gasteiger partial charge in [0.2, 0.25) is 0 Å². The second-order valence-electron chi connectivity index (χ2n) is 4.08.